The first kappa shape index (κ1) is 15.2. The molecule has 0 spiro atoms. The van der Waals surface area contributed by atoms with E-state index >= 15 is 0 Å². The van der Waals surface area contributed by atoms with Gasteiger partial charge in [0.2, 0.25) is 0 Å². The van der Waals surface area contributed by atoms with Gasteiger partial charge in [0.15, 0.2) is 0 Å². The first-order valence-electron chi connectivity index (χ1n) is 7.21. The molecule has 0 amide bonds. The van der Waals surface area contributed by atoms with Gasteiger partial charge in [-0.1, -0.05) is 13.8 Å². The van der Waals surface area contributed by atoms with Gasteiger partial charge >= 0.3 is 0 Å². The van der Waals surface area contributed by atoms with E-state index in [1.54, 1.807) is 7.11 Å². The van der Waals surface area contributed by atoms with Crippen LogP contribution in [0.1, 0.15) is 39.4 Å². The van der Waals surface area contributed by atoms with Crippen molar-refractivity contribution in [2.24, 2.45) is 0 Å². The number of aromatic nitrogens is 2. The Morgan fingerprint density at radius 2 is 2.00 bits per heavy atom. The lowest BCUT2D eigenvalue weighted by Crippen LogP contribution is -2.30. The lowest BCUT2D eigenvalue weighted by Gasteiger charge is -2.31. The Kier molecular flexibility index (Phi) is 4.59. The Bertz CT molecular complexity index is 587. The summed E-state index contributed by atoms with van der Waals surface area (Å²) in [6, 6.07) is 6.09. The number of hydrogen-bond donors (Lipinski definition) is 0. The molecule has 2 aromatic rings. The fourth-order valence-electron chi connectivity index (χ4n) is 2.66. The van der Waals surface area contributed by atoms with Crippen LogP contribution < -0.4 is 4.74 Å². The topological polar surface area (TPSA) is 27.1 Å². The minimum absolute atomic E-state index is 0.0741. The lowest BCUT2D eigenvalue weighted by molar-refractivity contribution is 0.294. The number of rotatable bonds is 6. The van der Waals surface area contributed by atoms with E-state index in [-0.39, 0.29) is 5.54 Å². The molecule has 0 saturated carbocycles. The number of fused-ring (bicyclic) bond motifs is 1. The van der Waals surface area contributed by atoms with E-state index in [1.807, 2.05) is 12.1 Å². The number of ether oxygens (including phenoxy) is 1. The minimum Gasteiger partial charge on any atom is -0.497 e. The normalized spacial score (nSPS) is 12.1. The molecule has 20 heavy (non-hydrogen) atoms. The van der Waals surface area contributed by atoms with Gasteiger partial charge in [0.25, 0.3) is 0 Å². The SMILES string of the molecule is CCC(C)(CC)n1c(CCCl)nc2cc(OC)ccc21. The molecule has 1 aromatic heterocycles. The summed E-state index contributed by atoms with van der Waals surface area (Å²) >= 11 is 5.95. The summed E-state index contributed by atoms with van der Waals surface area (Å²) in [6.45, 7) is 6.74. The van der Waals surface area contributed by atoms with Crippen molar-refractivity contribution >= 4 is 22.6 Å². The predicted molar refractivity (Wildman–Crippen MR) is 84.9 cm³/mol. The van der Waals surface area contributed by atoms with E-state index in [4.69, 9.17) is 21.3 Å². The third-order valence-corrected chi connectivity index (χ3v) is 4.50. The molecular formula is C16H23ClN2O. The van der Waals surface area contributed by atoms with Gasteiger partial charge < -0.3 is 9.30 Å². The van der Waals surface area contributed by atoms with Crippen molar-refractivity contribution in [3.05, 3.63) is 24.0 Å². The Labute approximate surface area is 125 Å². The molecule has 110 valence electrons. The molecule has 1 aromatic carbocycles. The second kappa shape index (κ2) is 6.04. The highest BCUT2D eigenvalue weighted by atomic mass is 35.5. The third kappa shape index (κ3) is 2.51. The zero-order chi connectivity index (χ0) is 14.8. The summed E-state index contributed by atoms with van der Waals surface area (Å²) in [7, 11) is 1.68. The maximum Gasteiger partial charge on any atom is 0.121 e. The number of methoxy groups -OCH3 is 1. The quantitative estimate of drug-likeness (QED) is 0.740. The van der Waals surface area contributed by atoms with Gasteiger partial charge in [0.05, 0.1) is 18.1 Å². The van der Waals surface area contributed by atoms with Gasteiger partial charge in [-0.25, -0.2) is 4.98 Å². The van der Waals surface area contributed by atoms with Crippen molar-refractivity contribution in [2.75, 3.05) is 13.0 Å². The maximum absolute atomic E-state index is 5.95. The molecule has 4 heteroatoms. The Balaban J connectivity index is 2.68. The molecule has 0 fully saturated rings. The van der Waals surface area contributed by atoms with Gasteiger partial charge in [-0.2, -0.15) is 0 Å². The van der Waals surface area contributed by atoms with E-state index in [0.29, 0.717) is 5.88 Å². The summed E-state index contributed by atoms with van der Waals surface area (Å²) in [6.07, 6.45) is 2.92. The molecule has 0 radical (unpaired) electrons. The van der Waals surface area contributed by atoms with Crippen LogP contribution in [0, 0.1) is 0 Å². The van der Waals surface area contributed by atoms with Gasteiger partial charge in [-0.3, -0.25) is 0 Å². The first-order chi connectivity index (χ1) is 9.59. The van der Waals surface area contributed by atoms with Crippen LogP contribution in [0.2, 0.25) is 0 Å². The Morgan fingerprint density at radius 3 is 2.55 bits per heavy atom. The van der Waals surface area contributed by atoms with Crippen molar-refractivity contribution in [3.8, 4) is 5.75 Å². The van der Waals surface area contributed by atoms with Crippen LogP contribution in [0.3, 0.4) is 0 Å². The highest BCUT2D eigenvalue weighted by Crippen LogP contribution is 2.32. The smallest absolute Gasteiger partial charge is 0.121 e. The van der Waals surface area contributed by atoms with E-state index in [0.717, 1.165) is 41.9 Å². The van der Waals surface area contributed by atoms with Crippen LogP contribution in [0.5, 0.6) is 5.75 Å². The van der Waals surface area contributed by atoms with E-state index in [1.165, 1.54) is 0 Å². The second-order valence-corrected chi connectivity index (χ2v) is 5.74. The molecule has 0 bridgehead atoms. The van der Waals surface area contributed by atoms with Crippen molar-refractivity contribution < 1.29 is 4.74 Å². The molecule has 0 aliphatic rings. The second-order valence-electron chi connectivity index (χ2n) is 5.36. The van der Waals surface area contributed by atoms with Gasteiger partial charge in [0, 0.05) is 23.9 Å². The lowest BCUT2D eigenvalue weighted by atomic mass is 9.94. The molecule has 0 aliphatic heterocycles. The minimum atomic E-state index is 0.0741. The summed E-state index contributed by atoms with van der Waals surface area (Å²) in [5.74, 6) is 2.49. The van der Waals surface area contributed by atoms with E-state index in [2.05, 4.69) is 31.4 Å². The monoisotopic (exact) mass is 294 g/mol. The molecule has 0 unspecified atom stereocenters. The number of imidazole rings is 1. The zero-order valence-corrected chi connectivity index (χ0v) is 13.5. The predicted octanol–water partition coefficient (Wildman–Crippen LogP) is 4.36. The van der Waals surface area contributed by atoms with Crippen molar-refractivity contribution in [1.82, 2.24) is 9.55 Å². The number of hydrogen-bond acceptors (Lipinski definition) is 2. The summed E-state index contributed by atoms with van der Waals surface area (Å²) < 4.78 is 7.66. The molecule has 0 N–H and O–H groups in total. The average Bonchev–Trinajstić information content (AvgIpc) is 2.84. The van der Waals surface area contributed by atoms with Gasteiger partial charge in [0.1, 0.15) is 11.6 Å². The fraction of sp³-hybridized carbons (Fsp3) is 0.562. The van der Waals surface area contributed by atoms with Crippen LogP contribution in [0.4, 0.5) is 0 Å². The zero-order valence-electron chi connectivity index (χ0n) is 12.7. The molecule has 1 heterocycles. The van der Waals surface area contributed by atoms with Crippen molar-refractivity contribution in [2.45, 2.75) is 45.6 Å². The van der Waals surface area contributed by atoms with Gasteiger partial charge in [-0.05, 0) is 31.9 Å². The number of nitrogens with zero attached hydrogens (tertiary/aromatic N) is 2. The van der Waals surface area contributed by atoms with E-state index < -0.39 is 0 Å². The number of benzene rings is 1. The summed E-state index contributed by atoms with van der Waals surface area (Å²) in [5.41, 5.74) is 2.22. The van der Waals surface area contributed by atoms with Crippen LogP contribution >= 0.6 is 11.6 Å². The highest BCUT2D eigenvalue weighted by Gasteiger charge is 2.27. The largest absolute Gasteiger partial charge is 0.497 e. The Morgan fingerprint density at radius 1 is 1.30 bits per heavy atom. The maximum atomic E-state index is 5.95. The Hall–Kier alpha value is -1.22. The molecule has 0 saturated heterocycles. The molecule has 0 atom stereocenters. The fourth-order valence-corrected chi connectivity index (χ4v) is 2.83. The average molecular weight is 295 g/mol. The van der Waals surface area contributed by atoms with Crippen LogP contribution in [0.15, 0.2) is 18.2 Å². The van der Waals surface area contributed by atoms with Crippen molar-refractivity contribution in [1.29, 1.82) is 0 Å². The molecule has 3 nitrogen and oxygen atoms in total. The summed E-state index contributed by atoms with van der Waals surface area (Å²) in [4.78, 5) is 4.77. The first-order valence-corrected chi connectivity index (χ1v) is 7.75. The number of halogens is 1. The molecular weight excluding hydrogens is 272 g/mol. The number of alkyl halides is 1. The van der Waals surface area contributed by atoms with Crippen molar-refractivity contribution in [3.63, 3.8) is 0 Å². The highest BCUT2D eigenvalue weighted by molar-refractivity contribution is 6.17. The van der Waals surface area contributed by atoms with Crippen LogP contribution in [0.25, 0.3) is 11.0 Å². The summed E-state index contributed by atoms with van der Waals surface area (Å²) in [5, 5.41) is 0. The molecule has 0 aliphatic carbocycles. The van der Waals surface area contributed by atoms with E-state index in [9.17, 15) is 0 Å². The van der Waals surface area contributed by atoms with Crippen LogP contribution in [-0.2, 0) is 12.0 Å². The number of aryl methyl sites for hydroxylation is 1. The van der Waals surface area contributed by atoms with Gasteiger partial charge in [-0.15, -0.1) is 11.6 Å². The third-order valence-electron chi connectivity index (χ3n) is 4.31. The molecule has 2 rings (SSSR count). The standard InChI is InChI=1S/C16H23ClN2O/c1-5-16(3,6-2)19-14-8-7-12(20-4)11-13(14)18-15(19)9-10-17/h7-8,11H,5-6,9-10H2,1-4H3. The van der Waals surface area contributed by atoms with Crippen LogP contribution in [-0.4, -0.2) is 22.5 Å².